The largest absolute Gasteiger partial charge is 0.444 e. The summed E-state index contributed by atoms with van der Waals surface area (Å²) in [6.45, 7) is 10.9. The van der Waals surface area contributed by atoms with Crippen LogP contribution in [0, 0.1) is 16.7 Å². The van der Waals surface area contributed by atoms with Crippen molar-refractivity contribution in [1.82, 2.24) is 9.78 Å². The van der Waals surface area contributed by atoms with Crippen LogP contribution in [-0.4, -0.2) is 15.6 Å². The van der Waals surface area contributed by atoms with Crippen LogP contribution < -0.4 is 5.73 Å². The van der Waals surface area contributed by atoms with Crippen molar-refractivity contribution in [3.8, 4) is 6.07 Å². The van der Waals surface area contributed by atoms with Crippen LogP contribution in [0.1, 0.15) is 70.6 Å². The van der Waals surface area contributed by atoms with Gasteiger partial charge < -0.3 is 10.5 Å². The quantitative estimate of drug-likeness (QED) is 0.897. The average Bonchev–Trinajstić information content (AvgIpc) is 2.96. The van der Waals surface area contributed by atoms with Gasteiger partial charge in [0.15, 0.2) is 5.78 Å². The molecule has 1 aliphatic heterocycles. The van der Waals surface area contributed by atoms with Crippen LogP contribution in [0.2, 0.25) is 0 Å². The molecule has 0 saturated carbocycles. The molecule has 1 aliphatic carbocycles. The van der Waals surface area contributed by atoms with Gasteiger partial charge in [0.1, 0.15) is 17.4 Å². The number of hydrogen-bond donors (Lipinski definition) is 1. The predicted octanol–water partition coefficient (Wildman–Crippen LogP) is 3.48. The summed E-state index contributed by atoms with van der Waals surface area (Å²) in [7, 11) is 0. The molecule has 0 bridgehead atoms. The van der Waals surface area contributed by atoms with E-state index in [1.165, 1.54) is 0 Å². The number of nitrogens with zero attached hydrogens (tertiary/aromatic N) is 3. The average molecular weight is 354 g/mol. The predicted molar refractivity (Wildman–Crippen MR) is 97.7 cm³/mol. The van der Waals surface area contributed by atoms with Gasteiger partial charge in [-0.25, -0.2) is 0 Å². The minimum atomic E-state index is -0.495. The van der Waals surface area contributed by atoms with E-state index in [0.717, 1.165) is 17.8 Å². The molecule has 6 nitrogen and oxygen atoms in total. The highest BCUT2D eigenvalue weighted by Crippen LogP contribution is 2.48. The Kier molecular flexibility index (Phi) is 4.43. The molecule has 2 N–H and O–H groups in total. The summed E-state index contributed by atoms with van der Waals surface area (Å²) in [6, 6.07) is 2.18. The first-order valence-electron chi connectivity index (χ1n) is 9.09. The van der Waals surface area contributed by atoms with E-state index >= 15 is 0 Å². The van der Waals surface area contributed by atoms with Gasteiger partial charge in [0, 0.05) is 36.7 Å². The van der Waals surface area contributed by atoms with E-state index in [4.69, 9.17) is 10.5 Å². The van der Waals surface area contributed by atoms with Crippen LogP contribution in [0.3, 0.4) is 0 Å². The fraction of sp³-hybridized carbons (Fsp3) is 0.550. The smallest absolute Gasteiger partial charge is 0.205 e. The topological polar surface area (TPSA) is 93.9 Å². The molecule has 0 radical (unpaired) electrons. The third-order valence-electron chi connectivity index (χ3n) is 5.08. The SMILES string of the molecule is CCn1cc([C@H]2C(C#N)=C(N)OC3=C2C(=O)CC(C)(C)C3)c(C(C)C)n1. The molecule has 1 aromatic rings. The second kappa shape index (κ2) is 6.31. The molecule has 0 spiro atoms. The lowest BCUT2D eigenvalue weighted by Gasteiger charge is -2.37. The minimum Gasteiger partial charge on any atom is -0.444 e. The zero-order valence-electron chi connectivity index (χ0n) is 16.1. The number of aromatic nitrogens is 2. The number of allylic oxidation sites excluding steroid dienone is 3. The molecule has 0 unspecified atom stereocenters. The van der Waals surface area contributed by atoms with Crippen molar-refractivity contribution in [2.45, 2.75) is 65.8 Å². The Morgan fingerprint density at radius 2 is 2.15 bits per heavy atom. The molecular weight excluding hydrogens is 328 g/mol. The van der Waals surface area contributed by atoms with E-state index in [0.29, 0.717) is 29.7 Å². The Hall–Kier alpha value is -2.55. The van der Waals surface area contributed by atoms with Gasteiger partial charge in [-0.2, -0.15) is 10.4 Å². The van der Waals surface area contributed by atoms with Gasteiger partial charge in [-0.05, 0) is 18.3 Å². The molecular formula is C20H26N4O2. The van der Waals surface area contributed by atoms with Crippen molar-refractivity contribution < 1.29 is 9.53 Å². The second-order valence-corrected chi connectivity index (χ2v) is 8.18. The van der Waals surface area contributed by atoms with Gasteiger partial charge in [0.05, 0.1) is 11.6 Å². The van der Waals surface area contributed by atoms with Crippen molar-refractivity contribution >= 4 is 5.78 Å². The summed E-state index contributed by atoms with van der Waals surface area (Å²) in [5.74, 6) is 0.402. The number of hydrogen-bond acceptors (Lipinski definition) is 5. The molecule has 2 heterocycles. The van der Waals surface area contributed by atoms with E-state index in [1.807, 2.05) is 31.6 Å². The van der Waals surface area contributed by atoms with Crippen molar-refractivity contribution in [2.24, 2.45) is 11.1 Å². The van der Waals surface area contributed by atoms with Crippen LogP contribution in [0.5, 0.6) is 0 Å². The monoisotopic (exact) mass is 354 g/mol. The Labute approximate surface area is 154 Å². The third kappa shape index (κ3) is 2.92. The summed E-state index contributed by atoms with van der Waals surface area (Å²) in [5.41, 5.74) is 8.55. The summed E-state index contributed by atoms with van der Waals surface area (Å²) in [6.07, 6.45) is 3.00. The summed E-state index contributed by atoms with van der Waals surface area (Å²) in [5, 5.41) is 14.4. The molecule has 3 rings (SSSR count). The van der Waals surface area contributed by atoms with Crippen molar-refractivity contribution in [3.05, 3.63) is 40.2 Å². The van der Waals surface area contributed by atoms with Crippen LogP contribution in [0.25, 0.3) is 0 Å². The number of ketones is 1. The third-order valence-corrected chi connectivity index (χ3v) is 5.08. The molecule has 138 valence electrons. The molecule has 2 aliphatic rings. The summed E-state index contributed by atoms with van der Waals surface area (Å²) in [4.78, 5) is 13.0. The first-order valence-corrected chi connectivity index (χ1v) is 9.09. The maximum absolute atomic E-state index is 13.0. The zero-order chi connectivity index (χ0) is 19.2. The highest BCUT2D eigenvalue weighted by atomic mass is 16.5. The summed E-state index contributed by atoms with van der Waals surface area (Å²) >= 11 is 0. The fourth-order valence-electron chi connectivity index (χ4n) is 3.88. The minimum absolute atomic E-state index is 0.0282. The van der Waals surface area contributed by atoms with Crippen LogP contribution in [-0.2, 0) is 16.1 Å². The molecule has 1 aromatic heterocycles. The Balaban J connectivity index is 2.24. The lowest BCUT2D eigenvalue weighted by atomic mass is 9.70. The van der Waals surface area contributed by atoms with Gasteiger partial charge in [-0.3, -0.25) is 9.48 Å². The van der Waals surface area contributed by atoms with Gasteiger partial charge in [-0.15, -0.1) is 0 Å². The van der Waals surface area contributed by atoms with E-state index in [-0.39, 0.29) is 23.0 Å². The molecule has 0 aromatic carbocycles. The maximum atomic E-state index is 13.0. The number of nitrogens with two attached hydrogens (primary N) is 1. The van der Waals surface area contributed by atoms with Crippen LogP contribution in [0.15, 0.2) is 29.0 Å². The van der Waals surface area contributed by atoms with Gasteiger partial charge in [-0.1, -0.05) is 27.7 Å². The van der Waals surface area contributed by atoms with Gasteiger partial charge >= 0.3 is 0 Å². The van der Waals surface area contributed by atoms with E-state index in [2.05, 4.69) is 25.0 Å². The number of rotatable bonds is 3. The molecule has 0 fully saturated rings. The lowest BCUT2D eigenvalue weighted by Crippen LogP contribution is -2.33. The number of carbonyl (C=O) groups is 1. The van der Waals surface area contributed by atoms with Crippen LogP contribution >= 0.6 is 0 Å². The number of carbonyl (C=O) groups excluding carboxylic acids is 1. The number of aryl methyl sites for hydroxylation is 1. The summed E-state index contributed by atoms with van der Waals surface area (Å²) < 4.78 is 7.60. The van der Waals surface area contributed by atoms with Gasteiger partial charge in [0.2, 0.25) is 5.88 Å². The van der Waals surface area contributed by atoms with E-state index in [9.17, 15) is 10.1 Å². The first kappa shape index (κ1) is 18.2. The standard InChI is InChI=1S/C20H26N4O2/c1-6-24-10-13(18(23-24)11(2)3)16-12(9-21)19(22)26-15-8-20(4,5)7-14(25)17(15)16/h10-11,16H,6-8,22H2,1-5H3/t16-/m1/s1. The van der Waals surface area contributed by atoms with Crippen LogP contribution in [0.4, 0.5) is 0 Å². The zero-order valence-corrected chi connectivity index (χ0v) is 16.1. The highest BCUT2D eigenvalue weighted by Gasteiger charge is 2.44. The number of Topliss-reactive ketones (excluding diaryl/α,β-unsaturated/α-hetero) is 1. The number of nitriles is 1. The van der Waals surface area contributed by atoms with Crippen molar-refractivity contribution in [3.63, 3.8) is 0 Å². The molecule has 26 heavy (non-hydrogen) atoms. The Morgan fingerprint density at radius 1 is 1.46 bits per heavy atom. The van der Waals surface area contributed by atoms with Gasteiger partial charge in [0.25, 0.3) is 0 Å². The van der Waals surface area contributed by atoms with Crippen molar-refractivity contribution in [1.29, 1.82) is 5.26 Å². The first-order chi connectivity index (χ1) is 12.2. The molecule has 0 amide bonds. The highest BCUT2D eigenvalue weighted by molar-refractivity contribution is 6.00. The molecule has 6 heteroatoms. The molecule has 1 atom stereocenters. The normalized spacial score (nSPS) is 22.3. The Morgan fingerprint density at radius 3 is 2.73 bits per heavy atom. The second-order valence-electron chi connectivity index (χ2n) is 8.18. The maximum Gasteiger partial charge on any atom is 0.205 e. The van der Waals surface area contributed by atoms with E-state index < -0.39 is 5.92 Å². The fourth-order valence-corrected chi connectivity index (χ4v) is 3.88. The Bertz CT molecular complexity index is 865. The molecule has 0 saturated heterocycles. The number of ether oxygens (including phenoxy) is 1. The van der Waals surface area contributed by atoms with E-state index in [1.54, 1.807) is 0 Å². The lowest BCUT2D eigenvalue weighted by molar-refractivity contribution is -0.119. The van der Waals surface area contributed by atoms with Crippen molar-refractivity contribution in [2.75, 3.05) is 0 Å².